The number of nitrogens with one attached hydrogen (secondary N) is 1. The van der Waals surface area contributed by atoms with Gasteiger partial charge in [0.05, 0.1) is 7.11 Å². The minimum Gasteiger partial charge on any atom is -0.496 e. The van der Waals surface area contributed by atoms with E-state index in [1.165, 1.54) is 12.0 Å². The highest BCUT2D eigenvalue weighted by Gasteiger charge is 2.14. The third-order valence-electron chi connectivity index (χ3n) is 3.76. The van der Waals surface area contributed by atoms with Crippen molar-refractivity contribution < 1.29 is 4.74 Å². The molecule has 0 aliphatic heterocycles. The van der Waals surface area contributed by atoms with Crippen LogP contribution in [0.5, 0.6) is 5.75 Å². The molecule has 0 saturated carbocycles. The summed E-state index contributed by atoms with van der Waals surface area (Å²) in [5, 5.41) is 3.67. The van der Waals surface area contributed by atoms with Crippen molar-refractivity contribution in [3.05, 3.63) is 29.8 Å². The largest absolute Gasteiger partial charge is 0.496 e. The van der Waals surface area contributed by atoms with E-state index in [1.807, 2.05) is 12.1 Å². The van der Waals surface area contributed by atoms with Gasteiger partial charge in [0.1, 0.15) is 5.75 Å². The van der Waals surface area contributed by atoms with Crippen LogP contribution < -0.4 is 10.1 Å². The maximum atomic E-state index is 5.39. The van der Waals surface area contributed by atoms with Crippen molar-refractivity contribution in [2.75, 3.05) is 7.11 Å². The van der Waals surface area contributed by atoms with Gasteiger partial charge in [0, 0.05) is 12.1 Å². The molecule has 3 atom stereocenters. The molecule has 0 aliphatic carbocycles. The van der Waals surface area contributed by atoms with Crippen LogP contribution in [0.15, 0.2) is 24.3 Å². The predicted octanol–water partition coefficient (Wildman–Crippen LogP) is 3.65. The number of hydrogen-bond acceptors (Lipinski definition) is 2. The van der Waals surface area contributed by atoms with E-state index in [-0.39, 0.29) is 0 Å². The molecule has 1 rings (SSSR count). The minimum absolute atomic E-state index is 0.463. The Hall–Kier alpha value is -1.02. The van der Waals surface area contributed by atoms with Crippen LogP contribution >= 0.6 is 0 Å². The predicted molar refractivity (Wildman–Crippen MR) is 78.2 cm³/mol. The smallest absolute Gasteiger partial charge is 0.122 e. The Labute approximate surface area is 112 Å². The van der Waals surface area contributed by atoms with Gasteiger partial charge >= 0.3 is 0 Å². The lowest BCUT2D eigenvalue weighted by Gasteiger charge is -2.25. The van der Waals surface area contributed by atoms with Crippen molar-refractivity contribution in [2.45, 2.75) is 52.6 Å². The molecule has 1 aromatic rings. The van der Waals surface area contributed by atoms with E-state index in [1.54, 1.807) is 7.11 Å². The molecule has 2 heteroatoms. The molecule has 2 nitrogen and oxygen atoms in total. The number of benzene rings is 1. The van der Waals surface area contributed by atoms with Crippen LogP contribution in [-0.4, -0.2) is 19.2 Å². The van der Waals surface area contributed by atoms with E-state index in [0.29, 0.717) is 18.0 Å². The first-order valence-corrected chi connectivity index (χ1v) is 6.96. The Morgan fingerprint density at radius 2 is 1.83 bits per heavy atom. The monoisotopic (exact) mass is 249 g/mol. The fourth-order valence-corrected chi connectivity index (χ4v) is 2.23. The molecular weight excluding hydrogens is 222 g/mol. The van der Waals surface area contributed by atoms with E-state index in [9.17, 15) is 0 Å². The molecule has 0 aromatic heterocycles. The van der Waals surface area contributed by atoms with E-state index >= 15 is 0 Å². The lowest BCUT2D eigenvalue weighted by atomic mass is 9.98. The van der Waals surface area contributed by atoms with Gasteiger partial charge in [-0.2, -0.15) is 0 Å². The Balaban J connectivity index is 2.56. The highest BCUT2D eigenvalue weighted by Crippen LogP contribution is 2.19. The average Bonchev–Trinajstić information content (AvgIpc) is 2.38. The third kappa shape index (κ3) is 4.34. The summed E-state index contributed by atoms with van der Waals surface area (Å²) >= 11 is 0. The Morgan fingerprint density at radius 1 is 1.17 bits per heavy atom. The standard InChI is InChI=1S/C16H27NO/c1-6-12(2)14(4)17-13(3)11-15-9-7-8-10-16(15)18-5/h7-10,12-14,17H,6,11H2,1-5H3. The van der Waals surface area contributed by atoms with Crippen molar-refractivity contribution in [1.29, 1.82) is 0 Å². The summed E-state index contributed by atoms with van der Waals surface area (Å²) in [4.78, 5) is 0. The molecule has 1 aromatic carbocycles. The summed E-state index contributed by atoms with van der Waals surface area (Å²) in [5.41, 5.74) is 1.27. The van der Waals surface area contributed by atoms with Gasteiger partial charge in [0.25, 0.3) is 0 Å². The lowest BCUT2D eigenvalue weighted by molar-refractivity contribution is 0.352. The highest BCUT2D eigenvalue weighted by molar-refractivity contribution is 5.33. The van der Waals surface area contributed by atoms with Gasteiger partial charge in [-0.25, -0.2) is 0 Å². The van der Waals surface area contributed by atoms with Crippen LogP contribution in [0.4, 0.5) is 0 Å². The van der Waals surface area contributed by atoms with E-state index in [2.05, 4.69) is 45.1 Å². The van der Waals surface area contributed by atoms with Crippen LogP contribution in [0, 0.1) is 5.92 Å². The molecule has 0 radical (unpaired) electrons. The lowest BCUT2D eigenvalue weighted by Crippen LogP contribution is -2.39. The van der Waals surface area contributed by atoms with Crippen molar-refractivity contribution >= 4 is 0 Å². The van der Waals surface area contributed by atoms with Crippen molar-refractivity contribution in [3.8, 4) is 5.75 Å². The Kier molecular flexibility index (Phi) is 6.20. The van der Waals surface area contributed by atoms with E-state index in [0.717, 1.165) is 12.2 Å². The van der Waals surface area contributed by atoms with Gasteiger partial charge in [-0.15, -0.1) is 0 Å². The van der Waals surface area contributed by atoms with Gasteiger partial charge in [-0.1, -0.05) is 38.5 Å². The number of ether oxygens (including phenoxy) is 1. The van der Waals surface area contributed by atoms with E-state index < -0.39 is 0 Å². The molecule has 0 bridgehead atoms. The van der Waals surface area contributed by atoms with Gasteiger partial charge < -0.3 is 10.1 Å². The second-order valence-corrected chi connectivity index (χ2v) is 5.26. The van der Waals surface area contributed by atoms with Crippen molar-refractivity contribution in [3.63, 3.8) is 0 Å². The van der Waals surface area contributed by atoms with Gasteiger partial charge in [-0.3, -0.25) is 0 Å². The maximum absolute atomic E-state index is 5.39. The number of methoxy groups -OCH3 is 1. The molecule has 0 saturated heterocycles. The second-order valence-electron chi connectivity index (χ2n) is 5.26. The molecule has 0 aliphatic rings. The zero-order valence-corrected chi connectivity index (χ0v) is 12.4. The van der Waals surface area contributed by atoms with Crippen molar-refractivity contribution in [2.24, 2.45) is 5.92 Å². The molecule has 0 spiro atoms. The summed E-state index contributed by atoms with van der Waals surface area (Å²) in [5.74, 6) is 1.70. The molecule has 0 fully saturated rings. The molecule has 102 valence electrons. The average molecular weight is 249 g/mol. The van der Waals surface area contributed by atoms with Crippen molar-refractivity contribution in [1.82, 2.24) is 5.32 Å². The molecule has 3 unspecified atom stereocenters. The Morgan fingerprint density at radius 3 is 2.44 bits per heavy atom. The first-order chi connectivity index (χ1) is 8.58. The van der Waals surface area contributed by atoms with Gasteiger partial charge in [0.15, 0.2) is 0 Å². The zero-order valence-electron chi connectivity index (χ0n) is 12.4. The summed E-state index contributed by atoms with van der Waals surface area (Å²) in [6.45, 7) is 9.05. The number of hydrogen-bond donors (Lipinski definition) is 1. The van der Waals surface area contributed by atoms with Crippen LogP contribution in [-0.2, 0) is 6.42 Å². The third-order valence-corrected chi connectivity index (χ3v) is 3.76. The molecule has 18 heavy (non-hydrogen) atoms. The summed E-state index contributed by atoms with van der Waals surface area (Å²) in [6, 6.07) is 9.28. The van der Waals surface area contributed by atoms with Gasteiger partial charge in [-0.05, 0) is 37.8 Å². The number of para-hydroxylation sites is 1. The quantitative estimate of drug-likeness (QED) is 0.796. The van der Waals surface area contributed by atoms with E-state index in [4.69, 9.17) is 4.74 Å². The van der Waals surface area contributed by atoms with Crippen LogP contribution in [0.3, 0.4) is 0 Å². The second kappa shape index (κ2) is 7.42. The van der Waals surface area contributed by atoms with Crippen LogP contribution in [0.1, 0.15) is 39.7 Å². The summed E-state index contributed by atoms with van der Waals surface area (Å²) in [6.07, 6.45) is 2.22. The first kappa shape index (κ1) is 15.0. The minimum atomic E-state index is 0.463. The molecule has 0 amide bonds. The highest BCUT2D eigenvalue weighted by atomic mass is 16.5. The van der Waals surface area contributed by atoms with Crippen LogP contribution in [0.2, 0.25) is 0 Å². The summed E-state index contributed by atoms with van der Waals surface area (Å²) < 4.78 is 5.39. The molecular formula is C16H27NO. The maximum Gasteiger partial charge on any atom is 0.122 e. The molecule has 0 heterocycles. The Bertz CT molecular complexity index is 351. The SMILES string of the molecule is CCC(C)C(C)NC(C)Cc1ccccc1OC. The van der Waals surface area contributed by atoms with Gasteiger partial charge in [0.2, 0.25) is 0 Å². The first-order valence-electron chi connectivity index (χ1n) is 6.96. The molecule has 1 N–H and O–H groups in total. The fourth-order valence-electron chi connectivity index (χ4n) is 2.23. The van der Waals surface area contributed by atoms with Crippen LogP contribution in [0.25, 0.3) is 0 Å². The normalized spacial score (nSPS) is 16.1. The fraction of sp³-hybridized carbons (Fsp3) is 0.625. The number of rotatable bonds is 7. The summed E-state index contributed by atoms with van der Waals surface area (Å²) in [7, 11) is 1.73. The topological polar surface area (TPSA) is 21.3 Å². The zero-order chi connectivity index (χ0) is 13.5.